The summed E-state index contributed by atoms with van der Waals surface area (Å²) in [7, 11) is 3.24. The van der Waals surface area contributed by atoms with Crippen molar-refractivity contribution in [2.75, 3.05) is 14.1 Å². The molecular formula is C38H53Br2ClN6O4. The number of nitriles is 1. The monoisotopic (exact) mass is 850 g/mol. The molecule has 7 rings (SSSR count). The number of aliphatic imine (C=N–C) groups is 2. The van der Waals surface area contributed by atoms with Crippen molar-refractivity contribution >= 4 is 55.9 Å². The summed E-state index contributed by atoms with van der Waals surface area (Å²) >= 11 is 7.04. The molecule has 0 amide bonds. The molecule has 2 aliphatic carbocycles. The van der Waals surface area contributed by atoms with E-state index in [1.807, 2.05) is 42.6 Å². The van der Waals surface area contributed by atoms with Crippen molar-refractivity contribution in [1.82, 2.24) is 10.5 Å². The molecule has 2 aromatic rings. The lowest BCUT2D eigenvalue weighted by molar-refractivity contribution is -0.204. The number of nitrogens with zero attached hydrogens (tertiary/aromatic N) is 4. The number of guanidine groups is 1. The fourth-order valence-electron chi connectivity index (χ4n) is 8.24. The molecular weight excluding hydrogens is 800 g/mol. The molecule has 0 aromatic heterocycles. The normalized spacial score (nSPS) is 29.8. The minimum atomic E-state index is -0.789. The van der Waals surface area contributed by atoms with Crippen LogP contribution in [0.5, 0.6) is 11.5 Å². The van der Waals surface area contributed by atoms with Crippen molar-refractivity contribution in [1.29, 1.82) is 5.26 Å². The summed E-state index contributed by atoms with van der Waals surface area (Å²) in [6.07, 6.45) is 9.86. The van der Waals surface area contributed by atoms with Gasteiger partial charge in [-0.05, 0) is 97.6 Å². The summed E-state index contributed by atoms with van der Waals surface area (Å²) in [6, 6.07) is 12.0. The first-order chi connectivity index (χ1) is 23.4. The second kappa shape index (κ2) is 15.5. The van der Waals surface area contributed by atoms with E-state index in [1.165, 1.54) is 19.9 Å². The smallest absolute Gasteiger partial charge is 0.222 e. The van der Waals surface area contributed by atoms with Crippen LogP contribution in [-0.4, -0.2) is 47.2 Å². The largest absolute Gasteiger partial charge is 0.487 e. The lowest BCUT2D eigenvalue weighted by atomic mass is 9.77. The first-order valence-corrected chi connectivity index (χ1v) is 19.0. The Morgan fingerprint density at radius 1 is 0.961 bits per heavy atom. The van der Waals surface area contributed by atoms with Crippen LogP contribution in [0.3, 0.4) is 0 Å². The summed E-state index contributed by atoms with van der Waals surface area (Å²) in [4.78, 5) is 15.0. The van der Waals surface area contributed by atoms with Crippen LogP contribution < -0.4 is 20.7 Å². The minimum Gasteiger partial charge on any atom is -0.487 e. The van der Waals surface area contributed by atoms with Gasteiger partial charge in [-0.15, -0.1) is 12.4 Å². The van der Waals surface area contributed by atoms with Gasteiger partial charge >= 0.3 is 0 Å². The summed E-state index contributed by atoms with van der Waals surface area (Å²) in [5.41, 5.74) is 9.91. The summed E-state index contributed by atoms with van der Waals surface area (Å²) in [6.45, 7) is 13.8. The quantitative estimate of drug-likeness (QED) is 0.176. The Bertz CT molecular complexity index is 1690. The van der Waals surface area contributed by atoms with Crippen molar-refractivity contribution in [2.45, 2.75) is 110 Å². The Morgan fingerprint density at radius 3 is 2.02 bits per heavy atom. The van der Waals surface area contributed by atoms with Crippen molar-refractivity contribution in [3.8, 4) is 17.7 Å². The van der Waals surface area contributed by atoms with Crippen LogP contribution in [0.25, 0.3) is 0 Å². The Balaban J connectivity index is 0.000000210. The lowest BCUT2D eigenvalue weighted by Gasteiger charge is -2.44. The number of fused-ring (bicyclic) bond motifs is 3. The first kappa shape index (κ1) is 41.4. The second-order valence-corrected chi connectivity index (χ2v) is 18.4. The van der Waals surface area contributed by atoms with E-state index in [9.17, 15) is 0 Å². The molecule has 51 heavy (non-hydrogen) atoms. The Labute approximate surface area is 326 Å². The number of hydroxylamine groups is 3. The molecule has 280 valence electrons. The van der Waals surface area contributed by atoms with E-state index >= 15 is 0 Å². The number of benzene rings is 2. The highest BCUT2D eigenvalue weighted by molar-refractivity contribution is 9.10. The third-order valence-electron chi connectivity index (χ3n) is 11.0. The minimum absolute atomic E-state index is 0. The molecule has 13 heteroatoms. The van der Waals surface area contributed by atoms with Gasteiger partial charge in [0.25, 0.3) is 0 Å². The molecule has 2 saturated carbocycles. The Kier molecular flexibility index (Phi) is 12.6. The van der Waals surface area contributed by atoms with Crippen LogP contribution in [0.4, 0.5) is 0 Å². The van der Waals surface area contributed by atoms with Crippen LogP contribution in [-0.2, 0) is 10.6 Å². The first-order valence-electron chi connectivity index (χ1n) is 17.4. The highest BCUT2D eigenvalue weighted by Gasteiger charge is 2.57. The highest BCUT2D eigenvalue weighted by atomic mass is 79.9. The van der Waals surface area contributed by atoms with E-state index in [4.69, 9.17) is 35.5 Å². The maximum absolute atomic E-state index is 9.04. The zero-order chi connectivity index (χ0) is 36.7. The second-order valence-electron chi connectivity index (χ2n) is 16.5. The Morgan fingerprint density at radius 2 is 1.49 bits per heavy atom. The Hall–Kier alpha value is -2.40. The maximum Gasteiger partial charge on any atom is 0.222 e. The fraction of sp³-hybridized carbons (Fsp3) is 0.605. The van der Waals surface area contributed by atoms with E-state index in [-0.39, 0.29) is 29.0 Å². The molecule has 3 aliphatic heterocycles. The van der Waals surface area contributed by atoms with Gasteiger partial charge in [0.1, 0.15) is 22.7 Å². The maximum atomic E-state index is 9.04. The summed E-state index contributed by atoms with van der Waals surface area (Å²) < 4.78 is 15.0. The van der Waals surface area contributed by atoms with Gasteiger partial charge in [0, 0.05) is 41.4 Å². The van der Waals surface area contributed by atoms with Crippen LogP contribution in [0.15, 0.2) is 55.3 Å². The number of halogens is 3. The van der Waals surface area contributed by atoms with Gasteiger partial charge in [-0.3, -0.25) is 0 Å². The predicted octanol–water partition coefficient (Wildman–Crippen LogP) is 9.26. The SMILES string of the molecule is CC(C)(C)C1CCC2(CC(=NC#N)c3cc(Br)ccc3O2)C1.CN1OC2(CC3(CCC(C(C)(C)C)C3)Oc3ccc(Br)cc32)N=C1N.CNO.Cl. The van der Waals surface area contributed by atoms with Crippen LogP contribution in [0.2, 0.25) is 0 Å². The lowest BCUT2D eigenvalue weighted by Crippen LogP contribution is -2.47. The van der Waals surface area contributed by atoms with Crippen molar-refractivity contribution in [2.24, 2.45) is 38.4 Å². The van der Waals surface area contributed by atoms with Gasteiger partial charge in [0.2, 0.25) is 17.9 Å². The molecule has 3 heterocycles. The molecule has 5 unspecified atom stereocenters. The van der Waals surface area contributed by atoms with Crippen LogP contribution in [0, 0.1) is 34.1 Å². The number of nitrogens with two attached hydrogens (primary N) is 1. The van der Waals surface area contributed by atoms with E-state index < -0.39 is 5.72 Å². The fourth-order valence-corrected chi connectivity index (χ4v) is 8.96. The number of hydrogen-bond donors (Lipinski definition) is 3. The van der Waals surface area contributed by atoms with Crippen molar-refractivity contribution < 1.29 is 19.5 Å². The molecule has 10 nitrogen and oxygen atoms in total. The molecule has 2 aromatic carbocycles. The molecule has 5 atom stereocenters. The van der Waals surface area contributed by atoms with Gasteiger partial charge in [-0.25, -0.2) is 20.4 Å². The number of ether oxygens (including phenoxy) is 2. The summed E-state index contributed by atoms with van der Waals surface area (Å²) in [5, 5.41) is 17.9. The standard InChI is InChI=1S/C19H26BrN3O2.C18H21BrN2O.CH5NO.ClH/c1-17(2,3)12-7-8-18(10-12)11-19(22-16(21)23(4)25-19)14-9-13(20)5-6-15(14)24-18;1-17(2,3)12-6-7-18(9-12)10-15(21-11-20)14-8-13(19)4-5-16(14)22-18;1-2-3;/h5-6,9,12H,7-8,10-11H2,1-4H3,(H2,21,22);4-5,8,12H,6-7,9-10H2,1-3H3;2-3H,1H3;1H. The topological polar surface area (TPSA) is 138 Å². The van der Waals surface area contributed by atoms with E-state index in [0.717, 1.165) is 69.4 Å². The molecule has 0 bridgehead atoms. The van der Waals surface area contributed by atoms with E-state index in [1.54, 1.807) is 17.6 Å². The van der Waals surface area contributed by atoms with E-state index in [2.05, 4.69) is 78.4 Å². The van der Waals surface area contributed by atoms with Gasteiger partial charge in [0.05, 0.1) is 11.3 Å². The zero-order valence-corrected chi connectivity index (χ0v) is 35.0. The van der Waals surface area contributed by atoms with Crippen molar-refractivity contribution in [3.05, 3.63) is 56.5 Å². The summed E-state index contributed by atoms with van der Waals surface area (Å²) in [5.74, 6) is 3.40. The molecule has 5 aliphatic rings. The average Bonchev–Trinajstić information content (AvgIpc) is 3.71. The molecule has 0 radical (unpaired) electrons. The molecule has 2 fully saturated rings. The molecule has 4 N–H and O–H groups in total. The van der Waals surface area contributed by atoms with Gasteiger partial charge in [0.15, 0.2) is 0 Å². The number of nitrogens with one attached hydrogen (secondary N) is 1. The predicted molar refractivity (Wildman–Crippen MR) is 210 cm³/mol. The van der Waals surface area contributed by atoms with Gasteiger partial charge < -0.3 is 20.4 Å². The zero-order valence-electron chi connectivity index (χ0n) is 31.0. The van der Waals surface area contributed by atoms with E-state index in [0.29, 0.717) is 29.6 Å². The third-order valence-corrected chi connectivity index (χ3v) is 12.0. The average molecular weight is 853 g/mol. The molecule has 0 saturated heterocycles. The highest BCUT2D eigenvalue weighted by Crippen LogP contribution is 2.57. The number of hydrogen-bond acceptors (Lipinski definition) is 10. The van der Waals surface area contributed by atoms with Crippen molar-refractivity contribution in [3.63, 3.8) is 0 Å². The van der Waals surface area contributed by atoms with Crippen LogP contribution >= 0.6 is 44.3 Å². The van der Waals surface area contributed by atoms with Gasteiger partial charge in [-0.2, -0.15) is 10.3 Å². The molecule has 3 spiro atoms. The number of rotatable bonds is 0. The van der Waals surface area contributed by atoms with Gasteiger partial charge in [-0.1, -0.05) is 73.4 Å². The van der Waals surface area contributed by atoms with Crippen LogP contribution in [0.1, 0.15) is 104 Å². The third kappa shape index (κ3) is 8.88.